The van der Waals surface area contributed by atoms with Crippen molar-refractivity contribution in [3.05, 3.63) is 59.9 Å². The zero-order valence-electron chi connectivity index (χ0n) is 12.7. The van der Waals surface area contributed by atoms with E-state index in [0.29, 0.717) is 5.69 Å². The van der Waals surface area contributed by atoms with Gasteiger partial charge < -0.3 is 10.6 Å². The number of hydrogen-bond acceptors (Lipinski definition) is 3. The summed E-state index contributed by atoms with van der Waals surface area (Å²) in [5.74, 6) is -0.326. The van der Waals surface area contributed by atoms with Crippen molar-refractivity contribution in [1.82, 2.24) is 10.3 Å². The quantitative estimate of drug-likeness (QED) is 0.891. The van der Waals surface area contributed by atoms with Crippen LogP contribution >= 0.6 is 0 Å². The van der Waals surface area contributed by atoms with Gasteiger partial charge in [-0.05, 0) is 24.6 Å². The molecule has 22 heavy (non-hydrogen) atoms. The molecule has 1 atom stereocenters. The largest absolute Gasteiger partial charge is 0.349 e. The molecule has 0 saturated heterocycles. The van der Waals surface area contributed by atoms with Gasteiger partial charge in [-0.15, -0.1) is 0 Å². The van der Waals surface area contributed by atoms with Crippen molar-refractivity contribution in [3.8, 4) is 0 Å². The SMILES string of the molecule is CC(=O)NC(CC(=O)Nc1ccncc1)c1ccc(C)cc1. The minimum Gasteiger partial charge on any atom is -0.349 e. The standard InChI is InChI=1S/C17H19N3O2/c1-12-3-5-14(6-4-12)16(19-13(2)21)11-17(22)20-15-7-9-18-10-8-15/h3-10,16H,11H2,1-2H3,(H,19,21)(H,18,20,22). The number of aryl methyl sites for hydroxylation is 1. The number of nitrogens with zero attached hydrogens (tertiary/aromatic N) is 1. The van der Waals surface area contributed by atoms with Crippen LogP contribution in [-0.4, -0.2) is 16.8 Å². The van der Waals surface area contributed by atoms with Crippen molar-refractivity contribution in [2.75, 3.05) is 5.32 Å². The summed E-state index contributed by atoms with van der Waals surface area (Å²) in [5, 5.41) is 5.62. The van der Waals surface area contributed by atoms with Gasteiger partial charge in [-0.25, -0.2) is 0 Å². The predicted octanol–water partition coefficient (Wildman–Crippen LogP) is 2.60. The highest BCUT2D eigenvalue weighted by Gasteiger charge is 2.17. The monoisotopic (exact) mass is 297 g/mol. The molecule has 1 unspecified atom stereocenters. The number of carbonyl (C=O) groups excluding carboxylic acids is 2. The zero-order valence-corrected chi connectivity index (χ0v) is 12.7. The van der Waals surface area contributed by atoms with E-state index in [1.165, 1.54) is 6.92 Å². The second kappa shape index (κ2) is 7.36. The van der Waals surface area contributed by atoms with E-state index in [9.17, 15) is 9.59 Å². The lowest BCUT2D eigenvalue weighted by Gasteiger charge is -2.18. The third kappa shape index (κ3) is 4.70. The summed E-state index contributed by atoms with van der Waals surface area (Å²) in [6, 6.07) is 10.9. The minimum absolute atomic E-state index is 0.162. The number of hydrogen-bond donors (Lipinski definition) is 2. The van der Waals surface area contributed by atoms with E-state index in [-0.39, 0.29) is 24.3 Å². The van der Waals surface area contributed by atoms with Gasteiger partial charge in [-0.1, -0.05) is 29.8 Å². The molecule has 2 amide bonds. The molecular weight excluding hydrogens is 278 g/mol. The molecule has 2 rings (SSSR count). The average Bonchev–Trinajstić information content (AvgIpc) is 2.48. The highest BCUT2D eigenvalue weighted by atomic mass is 16.2. The zero-order chi connectivity index (χ0) is 15.9. The van der Waals surface area contributed by atoms with Crippen LogP contribution in [0.25, 0.3) is 0 Å². The first-order valence-corrected chi connectivity index (χ1v) is 7.08. The van der Waals surface area contributed by atoms with E-state index in [1.54, 1.807) is 24.5 Å². The predicted molar refractivity (Wildman–Crippen MR) is 85.2 cm³/mol. The maximum absolute atomic E-state index is 12.2. The van der Waals surface area contributed by atoms with Gasteiger partial charge in [0.15, 0.2) is 0 Å². The summed E-state index contributed by atoms with van der Waals surface area (Å²) in [4.78, 5) is 27.4. The first-order valence-electron chi connectivity index (χ1n) is 7.08. The Morgan fingerprint density at radius 3 is 2.32 bits per heavy atom. The van der Waals surface area contributed by atoms with E-state index < -0.39 is 0 Å². The third-order valence-electron chi connectivity index (χ3n) is 3.21. The molecule has 2 N–H and O–H groups in total. The maximum atomic E-state index is 12.2. The number of anilines is 1. The summed E-state index contributed by atoms with van der Waals surface area (Å²) < 4.78 is 0. The Hall–Kier alpha value is -2.69. The molecule has 0 spiro atoms. The van der Waals surface area contributed by atoms with E-state index in [1.807, 2.05) is 31.2 Å². The van der Waals surface area contributed by atoms with Crippen LogP contribution in [0, 0.1) is 6.92 Å². The number of pyridine rings is 1. The molecule has 0 bridgehead atoms. The lowest BCUT2D eigenvalue weighted by atomic mass is 10.0. The Labute approximate surface area is 129 Å². The molecule has 0 aliphatic rings. The van der Waals surface area contributed by atoms with E-state index in [2.05, 4.69) is 15.6 Å². The lowest BCUT2D eigenvalue weighted by Crippen LogP contribution is -2.29. The van der Waals surface area contributed by atoms with E-state index in [0.717, 1.165) is 11.1 Å². The van der Waals surface area contributed by atoms with Gasteiger partial charge in [0, 0.05) is 25.0 Å². The molecule has 0 saturated carbocycles. The van der Waals surface area contributed by atoms with Gasteiger partial charge in [-0.3, -0.25) is 14.6 Å². The van der Waals surface area contributed by atoms with Crippen LogP contribution < -0.4 is 10.6 Å². The van der Waals surface area contributed by atoms with Crippen molar-refractivity contribution in [2.45, 2.75) is 26.3 Å². The number of carbonyl (C=O) groups is 2. The van der Waals surface area contributed by atoms with Crippen LogP contribution in [0.1, 0.15) is 30.5 Å². The Balaban J connectivity index is 2.07. The molecule has 1 heterocycles. The molecule has 1 aromatic carbocycles. The Morgan fingerprint density at radius 2 is 1.73 bits per heavy atom. The molecule has 0 radical (unpaired) electrons. The Bertz CT molecular complexity index is 639. The number of rotatable bonds is 5. The highest BCUT2D eigenvalue weighted by molar-refractivity contribution is 5.91. The second-order valence-corrected chi connectivity index (χ2v) is 5.15. The van der Waals surface area contributed by atoms with Gasteiger partial charge in [0.05, 0.1) is 12.5 Å². The van der Waals surface area contributed by atoms with Gasteiger partial charge in [-0.2, -0.15) is 0 Å². The smallest absolute Gasteiger partial charge is 0.226 e. The van der Waals surface area contributed by atoms with Crippen LogP contribution in [0.2, 0.25) is 0 Å². The minimum atomic E-state index is -0.347. The highest BCUT2D eigenvalue weighted by Crippen LogP contribution is 2.18. The third-order valence-corrected chi connectivity index (χ3v) is 3.21. The van der Waals surface area contributed by atoms with Gasteiger partial charge in [0.2, 0.25) is 11.8 Å². The molecular formula is C17H19N3O2. The molecule has 0 aliphatic heterocycles. The van der Waals surface area contributed by atoms with E-state index >= 15 is 0 Å². The van der Waals surface area contributed by atoms with Crippen molar-refractivity contribution in [1.29, 1.82) is 0 Å². The first kappa shape index (κ1) is 15.7. The molecule has 5 nitrogen and oxygen atoms in total. The van der Waals surface area contributed by atoms with Gasteiger partial charge in [0.25, 0.3) is 0 Å². The fourth-order valence-electron chi connectivity index (χ4n) is 2.13. The van der Waals surface area contributed by atoms with Crippen LogP contribution in [0.5, 0.6) is 0 Å². The summed E-state index contributed by atoms with van der Waals surface area (Å²) in [5.41, 5.74) is 2.72. The van der Waals surface area contributed by atoms with Crippen molar-refractivity contribution < 1.29 is 9.59 Å². The summed E-state index contributed by atoms with van der Waals surface area (Å²) in [7, 11) is 0. The van der Waals surface area contributed by atoms with Crippen LogP contribution in [-0.2, 0) is 9.59 Å². The maximum Gasteiger partial charge on any atom is 0.226 e. The first-order chi connectivity index (χ1) is 10.5. The number of benzene rings is 1. The Morgan fingerprint density at radius 1 is 1.09 bits per heavy atom. The van der Waals surface area contributed by atoms with Crippen molar-refractivity contribution in [3.63, 3.8) is 0 Å². The fraction of sp³-hybridized carbons (Fsp3) is 0.235. The van der Waals surface area contributed by atoms with Crippen molar-refractivity contribution in [2.24, 2.45) is 0 Å². The molecule has 0 fully saturated rings. The molecule has 2 aromatic rings. The number of aromatic nitrogens is 1. The van der Waals surface area contributed by atoms with Crippen LogP contribution in [0.3, 0.4) is 0 Å². The van der Waals surface area contributed by atoms with E-state index in [4.69, 9.17) is 0 Å². The summed E-state index contributed by atoms with van der Waals surface area (Å²) >= 11 is 0. The van der Waals surface area contributed by atoms with Gasteiger partial charge >= 0.3 is 0 Å². The number of nitrogens with one attached hydrogen (secondary N) is 2. The molecule has 114 valence electrons. The summed E-state index contributed by atoms with van der Waals surface area (Å²) in [6.07, 6.45) is 3.40. The van der Waals surface area contributed by atoms with Gasteiger partial charge in [0.1, 0.15) is 0 Å². The Kier molecular flexibility index (Phi) is 5.25. The lowest BCUT2D eigenvalue weighted by molar-refractivity contribution is -0.120. The van der Waals surface area contributed by atoms with Crippen LogP contribution in [0.15, 0.2) is 48.8 Å². The molecule has 0 aliphatic carbocycles. The topological polar surface area (TPSA) is 71.1 Å². The second-order valence-electron chi connectivity index (χ2n) is 5.15. The van der Waals surface area contributed by atoms with Crippen LogP contribution in [0.4, 0.5) is 5.69 Å². The van der Waals surface area contributed by atoms with Crippen molar-refractivity contribution >= 4 is 17.5 Å². The normalized spacial score (nSPS) is 11.5. The molecule has 1 aromatic heterocycles. The fourth-order valence-corrected chi connectivity index (χ4v) is 2.13. The average molecular weight is 297 g/mol. The molecule has 5 heteroatoms. The number of amides is 2. The summed E-state index contributed by atoms with van der Waals surface area (Å²) in [6.45, 7) is 3.44.